The van der Waals surface area contributed by atoms with Gasteiger partial charge in [-0.15, -0.1) is 0 Å². The van der Waals surface area contributed by atoms with Crippen molar-refractivity contribution in [1.82, 2.24) is 4.67 Å². The minimum absolute atomic E-state index is 0.0352. The lowest BCUT2D eigenvalue weighted by Gasteiger charge is -2.40. The smallest absolute Gasteiger partial charge is 0.209 e. The second kappa shape index (κ2) is 9.91. The van der Waals surface area contributed by atoms with Crippen molar-refractivity contribution in [2.45, 2.75) is 31.3 Å². The molecule has 0 radical (unpaired) electrons. The number of hydrogen-bond donors (Lipinski definition) is 0. The quantitative estimate of drug-likeness (QED) is 0.460. The van der Waals surface area contributed by atoms with Gasteiger partial charge in [0.2, 0.25) is 13.2 Å². The molecule has 1 saturated heterocycles. The van der Waals surface area contributed by atoms with E-state index in [-0.39, 0.29) is 12.1 Å². The second-order valence-electron chi connectivity index (χ2n) is 8.54. The van der Waals surface area contributed by atoms with Gasteiger partial charge in [0.15, 0.2) is 0 Å². The monoisotopic (exact) mass is 456 g/mol. The predicted octanol–water partition coefficient (Wildman–Crippen LogP) is 5.50. The summed E-state index contributed by atoms with van der Waals surface area (Å²) in [6.45, 7) is 1.36. The average Bonchev–Trinajstić information content (AvgIpc) is 3.38. The van der Waals surface area contributed by atoms with Crippen molar-refractivity contribution in [2.24, 2.45) is 4.99 Å². The number of aliphatic imine (C=N–C) groups is 1. The molecule has 5 heteroatoms. The zero-order valence-corrected chi connectivity index (χ0v) is 19.6. The highest BCUT2D eigenvalue weighted by Crippen LogP contribution is 2.51. The number of benzene rings is 3. The number of hydrogen-bond acceptors (Lipinski definition) is 3. The van der Waals surface area contributed by atoms with Gasteiger partial charge in [0, 0.05) is 23.2 Å². The minimum Gasteiger partial charge on any atom is -0.475 e. The van der Waals surface area contributed by atoms with Crippen molar-refractivity contribution in [3.8, 4) is 0 Å². The first-order valence-corrected chi connectivity index (χ1v) is 13.3. The van der Waals surface area contributed by atoms with Crippen LogP contribution in [0, 0.1) is 0 Å². The molecule has 4 nitrogen and oxygen atoms in total. The predicted molar refractivity (Wildman–Crippen MR) is 136 cm³/mol. The fourth-order valence-corrected chi connectivity index (χ4v) is 7.79. The summed E-state index contributed by atoms with van der Waals surface area (Å²) in [5.41, 5.74) is 1.16. The molecule has 2 aliphatic heterocycles. The van der Waals surface area contributed by atoms with Crippen LogP contribution >= 0.6 is 7.29 Å². The van der Waals surface area contributed by atoms with Crippen LogP contribution in [0.3, 0.4) is 0 Å². The highest BCUT2D eigenvalue weighted by molar-refractivity contribution is 7.76. The lowest BCUT2D eigenvalue weighted by atomic mass is 10.0. The summed E-state index contributed by atoms with van der Waals surface area (Å²) in [5, 5.41) is 1.77. The van der Waals surface area contributed by atoms with E-state index in [1.54, 1.807) is 0 Å². The Bertz CT molecular complexity index is 1120. The van der Waals surface area contributed by atoms with Gasteiger partial charge in [-0.3, -0.25) is 4.57 Å². The van der Waals surface area contributed by atoms with Crippen LogP contribution in [0.2, 0.25) is 0 Å². The van der Waals surface area contributed by atoms with E-state index in [0.717, 1.165) is 42.0 Å². The summed E-state index contributed by atoms with van der Waals surface area (Å²) in [4.78, 5) is 4.77. The molecule has 0 N–H and O–H groups in total. The molecule has 3 aromatic rings. The molecular weight excluding hydrogens is 427 g/mol. The number of piperidine rings is 1. The summed E-state index contributed by atoms with van der Waals surface area (Å²) in [6.07, 6.45) is 7.25. The fourth-order valence-electron chi connectivity index (χ4n) is 4.72. The number of ether oxygens (including phenoxy) is 1. The molecule has 2 atom stereocenters. The van der Waals surface area contributed by atoms with E-state index >= 15 is 0 Å². The molecule has 0 bridgehead atoms. The molecule has 33 heavy (non-hydrogen) atoms. The van der Waals surface area contributed by atoms with Gasteiger partial charge in [0.1, 0.15) is 12.6 Å². The van der Waals surface area contributed by atoms with Gasteiger partial charge in [-0.1, -0.05) is 79.2 Å². The van der Waals surface area contributed by atoms with Gasteiger partial charge in [-0.2, -0.15) is 0 Å². The lowest BCUT2D eigenvalue weighted by molar-refractivity contribution is 0.294. The van der Waals surface area contributed by atoms with E-state index in [2.05, 4.69) is 22.9 Å². The summed E-state index contributed by atoms with van der Waals surface area (Å²) >= 11 is 0. The third-order valence-electron chi connectivity index (χ3n) is 6.41. The van der Waals surface area contributed by atoms with E-state index in [4.69, 9.17) is 9.73 Å². The van der Waals surface area contributed by atoms with Gasteiger partial charge in [-0.25, -0.2) is 9.66 Å². The molecule has 0 aromatic heterocycles. The van der Waals surface area contributed by atoms with E-state index in [9.17, 15) is 4.57 Å². The van der Waals surface area contributed by atoms with E-state index < -0.39 is 7.29 Å². The van der Waals surface area contributed by atoms with Crippen LogP contribution in [-0.2, 0) is 9.30 Å². The third kappa shape index (κ3) is 4.59. The van der Waals surface area contributed by atoms with Gasteiger partial charge >= 0.3 is 0 Å². The highest BCUT2D eigenvalue weighted by Gasteiger charge is 2.39. The molecule has 0 aliphatic carbocycles. The van der Waals surface area contributed by atoms with Gasteiger partial charge < -0.3 is 4.74 Å². The molecule has 1 fully saturated rings. The Hall–Kier alpha value is -2.94. The van der Waals surface area contributed by atoms with Crippen molar-refractivity contribution in [1.29, 1.82) is 0 Å². The molecule has 2 aliphatic rings. The maximum absolute atomic E-state index is 14.8. The van der Waals surface area contributed by atoms with E-state index in [1.807, 2.05) is 84.9 Å². The SMILES string of the molecule is O=P(c1ccccc1)(c1ccccc1)N1CCCC[C@@H]1/C=C/C1=N[C@@H](c2ccccc2)CO1. The summed E-state index contributed by atoms with van der Waals surface area (Å²) in [6, 6.07) is 30.2. The van der Waals surface area contributed by atoms with Crippen molar-refractivity contribution in [3.63, 3.8) is 0 Å². The van der Waals surface area contributed by atoms with Crippen LogP contribution in [-0.4, -0.2) is 29.8 Å². The fraction of sp³-hybridized carbons (Fsp3) is 0.250. The van der Waals surface area contributed by atoms with Crippen molar-refractivity contribution in [3.05, 3.63) is 109 Å². The molecule has 0 saturated carbocycles. The summed E-state index contributed by atoms with van der Waals surface area (Å²) < 4.78 is 22.9. The Morgan fingerprint density at radius 1 is 0.848 bits per heavy atom. The Morgan fingerprint density at radius 2 is 1.45 bits per heavy atom. The van der Waals surface area contributed by atoms with Crippen molar-refractivity contribution < 1.29 is 9.30 Å². The molecule has 5 rings (SSSR count). The van der Waals surface area contributed by atoms with Gasteiger partial charge in [0.05, 0.1) is 0 Å². The normalized spacial score (nSPS) is 21.6. The Morgan fingerprint density at radius 3 is 2.09 bits per heavy atom. The first-order chi connectivity index (χ1) is 16.2. The standard InChI is InChI=1S/C28H29N2O2P/c31-33(25-15-6-2-7-16-25,26-17-8-3-9-18-26)30-21-11-10-14-24(30)19-20-28-29-27(22-32-28)23-12-4-1-5-13-23/h1-9,12-13,15-20,24,27H,10-11,14,21-22H2/b20-19+/t24-,27-/m1/s1. The number of rotatable bonds is 6. The number of nitrogens with zero attached hydrogens (tertiary/aromatic N) is 2. The summed E-state index contributed by atoms with van der Waals surface area (Å²) in [7, 11) is -2.98. The largest absolute Gasteiger partial charge is 0.475 e. The molecule has 168 valence electrons. The van der Waals surface area contributed by atoms with Gasteiger partial charge in [0.25, 0.3) is 0 Å². The summed E-state index contributed by atoms with van der Waals surface area (Å²) in [5.74, 6) is 0.656. The van der Waals surface area contributed by atoms with Crippen molar-refractivity contribution in [2.75, 3.05) is 13.2 Å². The van der Waals surface area contributed by atoms with Crippen LogP contribution < -0.4 is 10.6 Å². The lowest BCUT2D eigenvalue weighted by Crippen LogP contribution is -2.41. The van der Waals surface area contributed by atoms with Crippen LogP contribution in [0.25, 0.3) is 0 Å². The average molecular weight is 457 g/mol. The van der Waals surface area contributed by atoms with Crippen molar-refractivity contribution >= 4 is 23.8 Å². The molecule has 2 heterocycles. The first-order valence-electron chi connectivity index (χ1n) is 11.7. The first kappa shape index (κ1) is 21.9. The molecule has 0 unspecified atom stereocenters. The topological polar surface area (TPSA) is 41.9 Å². The third-order valence-corrected chi connectivity index (χ3v) is 9.63. The minimum atomic E-state index is -2.98. The van der Waals surface area contributed by atoms with E-state index in [0.29, 0.717) is 12.5 Å². The zero-order chi connectivity index (χ0) is 22.5. The molecule has 0 amide bonds. The molecule has 0 spiro atoms. The maximum Gasteiger partial charge on any atom is 0.209 e. The van der Waals surface area contributed by atoms with Crippen LogP contribution in [0.5, 0.6) is 0 Å². The van der Waals surface area contributed by atoms with Gasteiger partial charge in [-0.05, 0) is 48.7 Å². The Labute approximate surface area is 196 Å². The second-order valence-corrected chi connectivity index (χ2v) is 11.2. The van der Waals surface area contributed by atoms with E-state index in [1.165, 1.54) is 0 Å². The Balaban J connectivity index is 1.45. The molecular formula is C28H29N2O2P. The highest BCUT2D eigenvalue weighted by atomic mass is 31.2. The molecule has 3 aromatic carbocycles. The van der Waals surface area contributed by atoms with Crippen LogP contribution in [0.1, 0.15) is 30.9 Å². The van der Waals surface area contributed by atoms with Crippen LogP contribution in [0.15, 0.2) is 108 Å². The zero-order valence-electron chi connectivity index (χ0n) is 18.7. The maximum atomic E-state index is 14.8. The van der Waals surface area contributed by atoms with Crippen LogP contribution in [0.4, 0.5) is 0 Å². The Kier molecular flexibility index (Phi) is 6.57.